The second-order valence-electron chi connectivity index (χ2n) is 4.41. The van der Waals surface area contributed by atoms with Crippen molar-refractivity contribution >= 4 is 44.1 Å². The minimum atomic E-state index is 0.682. The number of benzene rings is 1. The fraction of sp³-hybridized carbons (Fsp3) is 0.357. The summed E-state index contributed by atoms with van der Waals surface area (Å²) < 4.78 is 0.976. The predicted molar refractivity (Wildman–Crippen MR) is 82.7 cm³/mol. The molecule has 1 N–H and O–H groups in total. The summed E-state index contributed by atoms with van der Waals surface area (Å²) in [5.74, 6) is 0. The summed E-state index contributed by atoms with van der Waals surface area (Å²) in [4.78, 5) is 4.59. The van der Waals surface area contributed by atoms with Crippen LogP contribution in [0.3, 0.4) is 0 Å². The molecule has 1 heterocycles. The summed E-state index contributed by atoms with van der Waals surface area (Å²) in [6, 6.07) is 3.95. The van der Waals surface area contributed by atoms with Crippen LogP contribution in [0, 0.1) is 13.8 Å². The van der Waals surface area contributed by atoms with E-state index in [0.29, 0.717) is 5.02 Å². The number of halogens is 2. The molecule has 0 bridgehead atoms. The van der Waals surface area contributed by atoms with Crippen molar-refractivity contribution in [2.24, 2.45) is 0 Å². The first-order valence-electron chi connectivity index (χ1n) is 6.04. The molecule has 96 valence electrons. The smallest absolute Gasteiger partial charge is 0.0913 e. The SMILES string of the molecule is CCCNc1c(C)c(C)nc2c(Cl)cc(Br)cc12. The first kappa shape index (κ1) is 13.6. The highest BCUT2D eigenvalue weighted by molar-refractivity contribution is 9.10. The van der Waals surface area contributed by atoms with E-state index in [0.717, 1.165) is 39.7 Å². The van der Waals surface area contributed by atoms with E-state index in [1.807, 2.05) is 13.0 Å². The number of anilines is 1. The van der Waals surface area contributed by atoms with Gasteiger partial charge >= 0.3 is 0 Å². The fourth-order valence-electron chi connectivity index (χ4n) is 1.98. The Kier molecular flexibility index (Phi) is 4.13. The molecule has 4 heteroatoms. The molecule has 1 aromatic heterocycles. The highest BCUT2D eigenvalue weighted by atomic mass is 79.9. The van der Waals surface area contributed by atoms with E-state index in [2.05, 4.69) is 46.1 Å². The van der Waals surface area contributed by atoms with Crippen LogP contribution in [-0.2, 0) is 0 Å². The minimum Gasteiger partial charge on any atom is -0.384 e. The quantitative estimate of drug-likeness (QED) is 0.849. The van der Waals surface area contributed by atoms with E-state index >= 15 is 0 Å². The second kappa shape index (κ2) is 5.45. The Morgan fingerprint density at radius 3 is 2.72 bits per heavy atom. The zero-order valence-corrected chi connectivity index (χ0v) is 13.1. The number of aryl methyl sites for hydroxylation is 1. The Balaban J connectivity index is 2.74. The fourth-order valence-corrected chi connectivity index (χ4v) is 2.83. The third-order valence-corrected chi connectivity index (χ3v) is 3.79. The lowest BCUT2D eigenvalue weighted by Gasteiger charge is -2.15. The van der Waals surface area contributed by atoms with Gasteiger partial charge in [-0.05, 0) is 38.0 Å². The molecule has 0 aliphatic rings. The van der Waals surface area contributed by atoms with Crippen LogP contribution >= 0.6 is 27.5 Å². The molecule has 0 amide bonds. The summed E-state index contributed by atoms with van der Waals surface area (Å²) in [5, 5.41) is 5.24. The number of nitrogens with zero attached hydrogens (tertiary/aromatic N) is 1. The Hall–Kier alpha value is -0.800. The van der Waals surface area contributed by atoms with Crippen LogP contribution in [-0.4, -0.2) is 11.5 Å². The van der Waals surface area contributed by atoms with E-state index in [1.165, 1.54) is 5.56 Å². The Labute approximate surface area is 121 Å². The van der Waals surface area contributed by atoms with Crippen molar-refractivity contribution in [3.63, 3.8) is 0 Å². The normalized spacial score (nSPS) is 10.9. The van der Waals surface area contributed by atoms with Crippen LogP contribution in [0.15, 0.2) is 16.6 Å². The molecule has 0 spiro atoms. The van der Waals surface area contributed by atoms with Gasteiger partial charge in [0.05, 0.1) is 10.5 Å². The number of fused-ring (bicyclic) bond motifs is 1. The summed E-state index contributed by atoms with van der Waals surface area (Å²) in [5.41, 5.74) is 4.21. The van der Waals surface area contributed by atoms with Gasteiger partial charge in [-0.2, -0.15) is 0 Å². The van der Waals surface area contributed by atoms with E-state index in [-0.39, 0.29) is 0 Å². The lowest BCUT2D eigenvalue weighted by molar-refractivity contribution is 0.977. The molecule has 0 aliphatic carbocycles. The van der Waals surface area contributed by atoms with Gasteiger partial charge in [0.2, 0.25) is 0 Å². The van der Waals surface area contributed by atoms with Crippen molar-refractivity contribution in [2.45, 2.75) is 27.2 Å². The number of hydrogen-bond donors (Lipinski definition) is 1. The molecule has 0 saturated heterocycles. The topological polar surface area (TPSA) is 24.9 Å². The zero-order valence-electron chi connectivity index (χ0n) is 10.8. The Morgan fingerprint density at radius 2 is 2.06 bits per heavy atom. The average Bonchev–Trinajstić information content (AvgIpc) is 2.31. The first-order valence-corrected chi connectivity index (χ1v) is 7.21. The highest BCUT2D eigenvalue weighted by Crippen LogP contribution is 2.34. The molecule has 2 nitrogen and oxygen atoms in total. The molecule has 1 aromatic carbocycles. The summed E-state index contributed by atoms with van der Waals surface area (Å²) >= 11 is 9.76. The van der Waals surface area contributed by atoms with Gasteiger partial charge in [-0.1, -0.05) is 34.5 Å². The van der Waals surface area contributed by atoms with Gasteiger partial charge in [0.15, 0.2) is 0 Å². The van der Waals surface area contributed by atoms with Crippen LogP contribution in [0.1, 0.15) is 24.6 Å². The number of pyridine rings is 1. The van der Waals surface area contributed by atoms with Crippen molar-refractivity contribution in [3.05, 3.63) is 32.9 Å². The van der Waals surface area contributed by atoms with Crippen molar-refractivity contribution < 1.29 is 0 Å². The zero-order chi connectivity index (χ0) is 13.3. The van der Waals surface area contributed by atoms with Crippen LogP contribution < -0.4 is 5.32 Å². The molecule has 2 aromatic rings. The third-order valence-electron chi connectivity index (χ3n) is 3.05. The van der Waals surface area contributed by atoms with E-state index in [1.54, 1.807) is 0 Å². The Bertz CT molecular complexity index is 596. The van der Waals surface area contributed by atoms with Crippen molar-refractivity contribution in [1.82, 2.24) is 4.98 Å². The maximum atomic E-state index is 6.27. The summed E-state index contributed by atoms with van der Waals surface area (Å²) in [7, 11) is 0. The summed E-state index contributed by atoms with van der Waals surface area (Å²) in [6.07, 6.45) is 1.09. The maximum Gasteiger partial charge on any atom is 0.0913 e. The maximum absolute atomic E-state index is 6.27. The van der Waals surface area contributed by atoms with Crippen LogP contribution in [0.25, 0.3) is 10.9 Å². The number of hydrogen-bond acceptors (Lipinski definition) is 2. The number of rotatable bonds is 3. The van der Waals surface area contributed by atoms with Gasteiger partial charge in [-0.25, -0.2) is 0 Å². The molecule has 0 atom stereocenters. The minimum absolute atomic E-state index is 0.682. The average molecular weight is 328 g/mol. The predicted octanol–water partition coefficient (Wildman–Crippen LogP) is 5.09. The Morgan fingerprint density at radius 1 is 1.33 bits per heavy atom. The molecular weight excluding hydrogens is 312 g/mol. The molecule has 2 rings (SSSR count). The summed E-state index contributed by atoms with van der Waals surface area (Å²) in [6.45, 7) is 7.21. The molecular formula is C14H16BrClN2. The third kappa shape index (κ3) is 2.47. The number of nitrogens with one attached hydrogen (secondary N) is 1. The number of aromatic nitrogens is 1. The molecule has 0 radical (unpaired) electrons. The van der Waals surface area contributed by atoms with Gasteiger partial charge < -0.3 is 5.32 Å². The van der Waals surface area contributed by atoms with Crippen molar-refractivity contribution in [2.75, 3.05) is 11.9 Å². The second-order valence-corrected chi connectivity index (χ2v) is 5.73. The highest BCUT2D eigenvalue weighted by Gasteiger charge is 2.12. The largest absolute Gasteiger partial charge is 0.384 e. The molecule has 0 unspecified atom stereocenters. The van der Waals surface area contributed by atoms with Gasteiger partial charge in [0, 0.05) is 27.8 Å². The van der Waals surface area contributed by atoms with Crippen molar-refractivity contribution in [1.29, 1.82) is 0 Å². The monoisotopic (exact) mass is 326 g/mol. The van der Waals surface area contributed by atoms with Crippen molar-refractivity contribution in [3.8, 4) is 0 Å². The standard InChI is InChI=1S/C14H16BrClN2/c1-4-5-17-13-8(2)9(3)18-14-11(13)6-10(15)7-12(14)16/h6-7H,4-5H2,1-3H3,(H,17,18). The lowest BCUT2D eigenvalue weighted by Crippen LogP contribution is -2.05. The van der Waals surface area contributed by atoms with Crippen LogP contribution in [0.5, 0.6) is 0 Å². The van der Waals surface area contributed by atoms with Gasteiger partial charge in [-0.3, -0.25) is 4.98 Å². The van der Waals surface area contributed by atoms with E-state index in [9.17, 15) is 0 Å². The van der Waals surface area contributed by atoms with Gasteiger partial charge in [0.1, 0.15) is 0 Å². The van der Waals surface area contributed by atoms with Gasteiger partial charge in [-0.15, -0.1) is 0 Å². The van der Waals surface area contributed by atoms with Crippen LogP contribution in [0.2, 0.25) is 5.02 Å². The van der Waals surface area contributed by atoms with Crippen LogP contribution in [0.4, 0.5) is 5.69 Å². The molecule has 0 saturated carbocycles. The molecule has 0 fully saturated rings. The first-order chi connectivity index (χ1) is 8.54. The molecule has 0 aliphatic heterocycles. The van der Waals surface area contributed by atoms with E-state index in [4.69, 9.17) is 11.6 Å². The van der Waals surface area contributed by atoms with Gasteiger partial charge in [0.25, 0.3) is 0 Å². The lowest BCUT2D eigenvalue weighted by atomic mass is 10.1. The molecule has 18 heavy (non-hydrogen) atoms. The van der Waals surface area contributed by atoms with E-state index < -0.39 is 0 Å².